The van der Waals surface area contributed by atoms with Gasteiger partial charge >= 0.3 is 0 Å². The zero-order valence-electron chi connectivity index (χ0n) is 14.2. The van der Waals surface area contributed by atoms with Crippen LogP contribution in [0.1, 0.15) is 24.8 Å². The number of amides is 1. The number of hydrogen-bond acceptors (Lipinski definition) is 4. The number of rotatable bonds is 5. The van der Waals surface area contributed by atoms with Gasteiger partial charge in [-0.2, -0.15) is 0 Å². The third kappa shape index (κ3) is 6.48. The molecule has 0 spiro atoms. The Balaban J connectivity index is 0.00000312. The van der Waals surface area contributed by atoms with Gasteiger partial charge in [-0.05, 0) is 24.3 Å². The number of non-ortho nitro benzene ring substituents is 1. The lowest BCUT2D eigenvalue weighted by Crippen LogP contribution is -2.46. The Morgan fingerprint density at radius 3 is 2.92 bits per heavy atom. The molecule has 8 nitrogen and oxygen atoms in total. The summed E-state index contributed by atoms with van der Waals surface area (Å²) in [6.07, 6.45) is 2.36. The van der Waals surface area contributed by atoms with Gasteiger partial charge in [-0.1, -0.05) is 12.1 Å². The van der Waals surface area contributed by atoms with Gasteiger partial charge in [0.15, 0.2) is 5.96 Å². The summed E-state index contributed by atoms with van der Waals surface area (Å²) in [7, 11) is 1.70. The van der Waals surface area contributed by atoms with Crippen LogP contribution >= 0.6 is 24.0 Å². The summed E-state index contributed by atoms with van der Waals surface area (Å²) in [6.45, 7) is 2.05. The summed E-state index contributed by atoms with van der Waals surface area (Å²) in [5.74, 6) is 0.699. The summed E-state index contributed by atoms with van der Waals surface area (Å²) < 4.78 is 0. The lowest BCUT2D eigenvalue weighted by Gasteiger charge is -2.34. The number of nitrogens with two attached hydrogens (primary N) is 1. The molecule has 0 aliphatic carbocycles. The number of likely N-dealkylation sites (tertiary alicyclic amines) is 1. The first-order valence-electron chi connectivity index (χ1n) is 7.97. The van der Waals surface area contributed by atoms with Crippen LogP contribution in [0.25, 0.3) is 0 Å². The zero-order chi connectivity index (χ0) is 17.5. The average molecular weight is 461 g/mol. The fourth-order valence-corrected chi connectivity index (χ4v) is 3.00. The van der Waals surface area contributed by atoms with Gasteiger partial charge in [-0.25, -0.2) is 0 Å². The van der Waals surface area contributed by atoms with E-state index in [1.807, 2.05) is 6.07 Å². The second-order valence-electron chi connectivity index (χ2n) is 5.95. The normalized spacial score (nSPS) is 17.6. The number of carbonyl (C=O) groups is 1. The van der Waals surface area contributed by atoms with Crippen LogP contribution in [-0.4, -0.2) is 41.8 Å². The highest BCUT2D eigenvalue weighted by Crippen LogP contribution is 2.19. The quantitative estimate of drug-likeness (QED) is 0.229. The van der Waals surface area contributed by atoms with Crippen molar-refractivity contribution in [3.8, 4) is 0 Å². The number of primary amides is 1. The number of guanidine groups is 1. The molecule has 1 saturated heterocycles. The number of halogens is 1. The highest BCUT2D eigenvalue weighted by atomic mass is 127. The van der Waals surface area contributed by atoms with Crippen molar-refractivity contribution >= 4 is 41.5 Å². The molecule has 2 rings (SSSR count). The minimum Gasteiger partial charge on any atom is -0.370 e. The number of nitrogens with one attached hydrogen (secondary N) is 1. The van der Waals surface area contributed by atoms with Crippen LogP contribution < -0.4 is 11.1 Å². The number of carbonyl (C=O) groups excluding carboxylic acids is 1. The van der Waals surface area contributed by atoms with Crippen LogP contribution in [0.15, 0.2) is 29.3 Å². The maximum absolute atomic E-state index is 11.1. The molecule has 3 N–H and O–H groups in total. The molecule has 0 radical (unpaired) electrons. The van der Waals surface area contributed by atoms with E-state index in [2.05, 4.69) is 15.2 Å². The van der Waals surface area contributed by atoms with Crippen molar-refractivity contribution in [3.63, 3.8) is 0 Å². The van der Waals surface area contributed by atoms with Crippen molar-refractivity contribution in [1.29, 1.82) is 0 Å². The SMILES string of the molecule is CN=C(NCc1cccc([N+](=O)[O-])c1)N1CCCC(CC(N)=O)C1.I. The van der Waals surface area contributed by atoms with Crippen molar-refractivity contribution < 1.29 is 9.72 Å². The highest BCUT2D eigenvalue weighted by molar-refractivity contribution is 14.0. The van der Waals surface area contributed by atoms with E-state index in [0.717, 1.165) is 37.5 Å². The zero-order valence-corrected chi connectivity index (χ0v) is 16.5. The van der Waals surface area contributed by atoms with Crippen molar-refractivity contribution in [1.82, 2.24) is 10.2 Å². The van der Waals surface area contributed by atoms with E-state index in [1.165, 1.54) is 6.07 Å². The Morgan fingerprint density at radius 2 is 2.28 bits per heavy atom. The van der Waals surface area contributed by atoms with Crippen molar-refractivity contribution in [2.24, 2.45) is 16.6 Å². The average Bonchev–Trinajstić information content (AvgIpc) is 2.55. The number of benzene rings is 1. The molecular weight excluding hydrogens is 437 g/mol. The molecule has 1 atom stereocenters. The van der Waals surface area contributed by atoms with Gasteiger partial charge in [0.2, 0.25) is 5.91 Å². The molecule has 25 heavy (non-hydrogen) atoms. The van der Waals surface area contributed by atoms with Crippen LogP contribution in [0.3, 0.4) is 0 Å². The van der Waals surface area contributed by atoms with Gasteiger partial charge in [-0.3, -0.25) is 19.9 Å². The van der Waals surface area contributed by atoms with E-state index in [-0.39, 0.29) is 41.5 Å². The molecule has 1 aromatic rings. The Morgan fingerprint density at radius 1 is 1.52 bits per heavy atom. The number of nitro groups is 1. The largest absolute Gasteiger partial charge is 0.370 e. The number of nitro benzene ring substituents is 1. The van der Waals surface area contributed by atoms with Crippen LogP contribution in [0.5, 0.6) is 0 Å². The Hall–Kier alpha value is -1.91. The topological polar surface area (TPSA) is 114 Å². The maximum Gasteiger partial charge on any atom is 0.269 e. The number of nitrogens with zero attached hydrogens (tertiary/aromatic N) is 3. The molecule has 1 unspecified atom stereocenters. The molecule has 1 aliphatic rings. The van der Waals surface area contributed by atoms with E-state index in [1.54, 1.807) is 19.2 Å². The second kappa shape index (κ2) is 10.2. The molecule has 138 valence electrons. The van der Waals surface area contributed by atoms with Crippen LogP contribution in [0.4, 0.5) is 5.69 Å². The molecule has 0 aromatic heterocycles. The predicted octanol–water partition coefficient (Wildman–Crippen LogP) is 1.88. The standard InChI is InChI=1S/C16H23N5O3.HI/c1-18-16(20-7-3-5-13(11-20)9-15(17)22)19-10-12-4-2-6-14(8-12)21(23)24;/h2,4,6,8,13H,3,5,7,9-11H2,1H3,(H2,17,22)(H,18,19);1H. The molecule has 9 heteroatoms. The minimum atomic E-state index is -0.405. The Bertz CT molecular complexity index is 638. The predicted molar refractivity (Wildman–Crippen MR) is 107 cm³/mol. The summed E-state index contributed by atoms with van der Waals surface area (Å²) in [5.41, 5.74) is 6.18. The maximum atomic E-state index is 11.1. The van der Waals surface area contributed by atoms with Crippen molar-refractivity contribution in [3.05, 3.63) is 39.9 Å². The Kier molecular flexibility index (Phi) is 8.59. The fourth-order valence-electron chi connectivity index (χ4n) is 3.00. The molecule has 1 fully saturated rings. The summed E-state index contributed by atoms with van der Waals surface area (Å²) >= 11 is 0. The van der Waals surface area contributed by atoms with E-state index in [9.17, 15) is 14.9 Å². The van der Waals surface area contributed by atoms with Gasteiger partial charge in [0.25, 0.3) is 5.69 Å². The van der Waals surface area contributed by atoms with Crippen molar-refractivity contribution in [2.45, 2.75) is 25.8 Å². The van der Waals surface area contributed by atoms with Crippen LogP contribution in [-0.2, 0) is 11.3 Å². The molecule has 1 aromatic carbocycles. The lowest BCUT2D eigenvalue weighted by atomic mass is 9.95. The Labute approximate surface area is 164 Å². The summed E-state index contributed by atoms with van der Waals surface area (Å²) in [5, 5.41) is 14.1. The van der Waals surface area contributed by atoms with Gasteiger partial charge in [0, 0.05) is 45.2 Å². The molecule has 1 heterocycles. The second-order valence-corrected chi connectivity index (χ2v) is 5.95. The molecule has 0 bridgehead atoms. The van der Waals surface area contributed by atoms with Gasteiger partial charge in [0.1, 0.15) is 0 Å². The van der Waals surface area contributed by atoms with Crippen LogP contribution in [0, 0.1) is 16.0 Å². The number of aliphatic imine (C=N–C) groups is 1. The van der Waals surface area contributed by atoms with Gasteiger partial charge in [0.05, 0.1) is 4.92 Å². The molecular formula is C16H24IN5O3. The first-order valence-corrected chi connectivity index (χ1v) is 7.97. The monoisotopic (exact) mass is 461 g/mol. The molecule has 1 aliphatic heterocycles. The number of hydrogen-bond donors (Lipinski definition) is 2. The molecule has 0 saturated carbocycles. The van der Waals surface area contributed by atoms with E-state index in [0.29, 0.717) is 13.0 Å². The first-order chi connectivity index (χ1) is 11.5. The van der Waals surface area contributed by atoms with E-state index < -0.39 is 4.92 Å². The smallest absolute Gasteiger partial charge is 0.269 e. The van der Waals surface area contributed by atoms with Crippen LogP contribution in [0.2, 0.25) is 0 Å². The molecule has 1 amide bonds. The lowest BCUT2D eigenvalue weighted by molar-refractivity contribution is -0.384. The van der Waals surface area contributed by atoms with E-state index in [4.69, 9.17) is 5.73 Å². The first kappa shape index (κ1) is 21.1. The number of piperidine rings is 1. The third-order valence-corrected chi connectivity index (χ3v) is 4.09. The van der Waals surface area contributed by atoms with E-state index >= 15 is 0 Å². The summed E-state index contributed by atoms with van der Waals surface area (Å²) in [6, 6.07) is 6.52. The van der Waals surface area contributed by atoms with Crippen molar-refractivity contribution in [2.75, 3.05) is 20.1 Å². The fraction of sp³-hybridized carbons (Fsp3) is 0.500. The third-order valence-electron chi connectivity index (χ3n) is 4.09. The highest BCUT2D eigenvalue weighted by Gasteiger charge is 2.23. The summed E-state index contributed by atoms with van der Waals surface area (Å²) in [4.78, 5) is 27.9. The minimum absolute atomic E-state index is 0. The van der Waals surface area contributed by atoms with Gasteiger partial charge < -0.3 is 16.0 Å². The van der Waals surface area contributed by atoms with Gasteiger partial charge in [-0.15, -0.1) is 24.0 Å².